The zero-order valence-electron chi connectivity index (χ0n) is 8.37. The highest BCUT2D eigenvalue weighted by molar-refractivity contribution is 9.10. The molecule has 0 spiro atoms. The molecule has 2 rings (SSSR count). The Morgan fingerprint density at radius 3 is 3.00 bits per heavy atom. The monoisotopic (exact) mass is 285 g/mol. The van der Waals surface area contributed by atoms with Crippen molar-refractivity contribution >= 4 is 27.3 Å². The second-order valence-corrected chi connectivity index (χ2v) is 5.21. The van der Waals surface area contributed by atoms with Gasteiger partial charge in [-0.3, -0.25) is 0 Å². The summed E-state index contributed by atoms with van der Waals surface area (Å²) in [4.78, 5) is 1.32. The zero-order valence-corrected chi connectivity index (χ0v) is 10.8. The minimum Gasteiger partial charge on any atom is -0.472 e. The van der Waals surface area contributed by atoms with E-state index in [-0.39, 0.29) is 0 Å². The summed E-state index contributed by atoms with van der Waals surface area (Å²) in [6, 6.07) is 4.38. The lowest BCUT2D eigenvalue weighted by Gasteiger charge is -2.10. The molecule has 0 bridgehead atoms. The topological polar surface area (TPSA) is 25.2 Å². The van der Waals surface area contributed by atoms with E-state index in [0.717, 1.165) is 6.54 Å². The van der Waals surface area contributed by atoms with Gasteiger partial charge in [-0.15, -0.1) is 11.3 Å². The molecule has 0 aromatic carbocycles. The number of furan rings is 1. The minimum absolute atomic E-state index is 0.317. The van der Waals surface area contributed by atoms with Gasteiger partial charge in [0.15, 0.2) is 0 Å². The van der Waals surface area contributed by atoms with E-state index in [9.17, 15) is 0 Å². The number of rotatable bonds is 4. The molecular formula is C11H12BrNOS. The molecule has 4 heteroatoms. The third-order valence-corrected chi connectivity index (χ3v) is 4.23. The van der Waals surface area contributed by atoms with Gasteiger partial charge in [-0.05, 0) is 40.4 Å². The Kier molecular flexibility index (Phi) is 3.61. The van der Waals surface area contributed by atoms with E-state index in [0.29, 0.717) is 6.04 Å². The van der Waals surface area contributed by atoms with Crippen LogP contribution in [0.2, 0.25) is 0 Å². The van der Waals surface area contributed by atoms with Gasteiger partial charge in [0.25, 0.3) is 0 Å². The molecule has 0 amide bonds. The molecule has 2 heterocycles. The van der Waals surface area contributed by atoms with E-state index in [1.54, 1.807) is 23.9 Å². The van der Waals surface area contributed by atoms with Gasteiger partial charge >= 0.3 is 0 Å². The van der Waals surface area contributed by atoms with E-state index < -0.39 is 0 Å². The molecule has 0 saturated heterocycles. The Morgan fingerprint density at radius 1 is 1.53 bits per heavy atom. The SMILES string of the molecule is CC(NCc1sccc1Br)c1ccoc1. The summed E-state index contributed by atoms with van der Waals surface area (Å²) >= 11 is 5.27. The zero-order chi connectivity index (χ0) is 10.7. The van der Waals surface area contributed by atoms with Gasteiger partial charge in [-0.2, -0.15) is 0 Å². The summed E-state index contributed by atoms with van der Waals surface area (Å²) in [5.74, 6) is 0. The third-order valence-electron chi connectivity index (χ3n) is 2.30. The van der Waals surface area contributed by atoms with E-state index in [1.807, 2.05) is 6.07 Å². The average Bonchev–Trinajstić information content (AvgIpc) is 2.85. The lowest BCUT2D eigenvalue weighted by Crippen LogP contribution is -2.17. The highest BCUT2D eigenvalue weighted by Crippen LogP contribution is 2.23. The van der Waals surface area contributed by atoms with E-state index >= 15 is 0 Å². The maximum Gasteiger partial charge on any atom is 0.0950 e. The standard InChI is InChI=1S/C11H12BrNOS/c1-8(9-2-4-14-7-9)13-6-11-10(12)3-5-15-11/h2-5,7-8,13H,6H2,1H3. The summed E-state index contributed by atoms with van der Waals surface area (Å²) in [7, 11) is 0. The van der Waals surface area contributed by atoms with Crippen LogP contribution in [-0.4, -0.2) is 0 Å². The molecule has 0 radical (unpaired) electrons. The molecule has 1 unspecified atom stereocenters. The number of nitrogens with one attached hydrogen (secondary N) is 1. The number of hydrogen-bond donors (Lipinski definition) is 1. The van der Waals surface area contributed by atoms with Gasteiger partial charge in [0.2, 0.25) is 0 Å². The first kappa shape index (κ1) is 10.9. The Hall–Kier alpha value is -0.580. The summed E-state index contributed by atoms with van der Waals surface area (Å²) in [6.07, 6.45) is 3.48. The number of thiophene rings is 1. The summed E-state index contributed by atoms with van der Waals surface area (Å²) < 4.78 is 6.23. The van der Waals surface area contributed by atoms with Crippen LogP contribution in [0.15, 0.2) is 38.9 Å². The van der Waals surface area contributed by atoms with Crippen molar-refractivity contribution in [3.63, 3.8) is 0 Å². The van der Waals surface area contributed by atoms with Gasteiger partial charge in [0.05, 0.1) is 12.5 Å². The smallest absolute Gasteiger partial charge is 0.0950 e. The van der Waals surface area contributed by atoms with Crippen LogP contribution in [0.5, 0.6) is 0 Å². The van der Waals surface area contributed by atoms with Crippen molar-refractivity contribution in [2.45, 2.75) is 19.5 Å². The average molecular weight is 286 g/mol. The van der Waals surface area contributed by atoms with Gasteiger partial charge < -0.3 is 9.73 Å². The first-order chi connectivity index (χ1) is 7.27. The predicted molar refractivity (Wildman–Crippen MR) is 66.0 cm³/mol. The predicted octanol–water partition coefficient (Wildman–Crippen LogP) is 3.95. The van der Waals surface area contributed by atoms with Crippen LogP contribution in [0.1, 0.15) is 23.4 Å². The molecule has 15 heavy (non-hydrogen) atoms. The molecule has 0 saturated carbocycles. The van der Waals surface area contributed by atoms with Crippen LogP contribution in [0.4, 0.5) is 0 Å². The van der Waals surface area contributed by atoms with Crippen LogP contribution in [0.3, 0.4) is 0 Å². The van der Waals surface area contributed by atoms with Crippen molar-refractivity contribution in [2.75, 3.05) is 0 Å². The molecule has 0 aliphatic carbocycles. The second-order valence-electron chi connectivity index (χ2n) is 3.35. The highest BCUT2D eigenvalue weighted by atomic mass is 79.9. The van der Waals surface area contributed by atoms with Crippen LogP contribution in [0.25, 0.3) is 0 Å². The maximum absolute atomic E-state index is 5.05. The van der Waals surface area contributed by atoms with Crippen molar-refractivity contribution in [3.05, 3.63) is 45.0 Å². The molecule has 1 N–H and O–H groups in total. The fraction of sp³-hybridized carbons (Fsp3) is 0.273. The Morgan fingerprint density at radius 2 is 2.40 bits per heavy atom. The fourth-order valence-electron chi connectivity index (χ4n) is 1.34. The van der Waals surface area contributed by atoms with Gasteiger partial charge in [0, 0.05) is 27.5 Å². The van der Waals surface area contributed by atoms with Crippen LogP contribution in [0, 0.1) is 0 Å². The molecule has 0 aliphatic heterocycles. The Labute approximate surface area is 101 Å². The summed E-state index contributed by atoms with van der Waals surface area (Å²) in [5.41, 5.74) is 1.18. The normalized spacial score (nSPS) is 12.9. The Bertz CT molecular complexity index is 410. The van der Waals surface area contributed by atoms with Gasteiger partial charge in [-0.25, -0.2) is 0 Å². The fourth-order valence-corrected chi connectivity index (χ4v) is 2.78. The van der Waals surface area contributed by atoms with Crippen molar-refractivity contribution in [2.24, 2.45) is 0 Å². The highest BCUT2D eigenvalue weighted by Gasteiger charge is 2.07. The molecule has 2 aromatic rings. The quantitative estimate of drug-likeness (QED) is 0.920. The molecule has 0 fully saturated rings. The van der Waals surface area contributed by atoms with Gasteiger partial charge in [0.1, 0.15) is 0 Å². The molecule has 2 aromatic heterocycles. The summed E-state index contributed by atoms with van der Waals surface area (Å²) in [6.45, 7) is 3.01. The van der Waals surface area contributed by atoms with E-state index in [4.69, 9.17) is 4.42 Å². The first-order valence-electron chi connectivity index (χ1n) is 4.74. The van der Waals surface area contributed by atoms with Crippen molar-refractivity contribution in [3.8, 4) is 0 Å². The lowest BCUT2D eigenvalue weighted by molar-refractivity contribution is 0.539. The molecule has 2 nitrogen and oxygen atoms in total. The van der Waals surface area contributed by atoms with Crippen LogP contribution >= 0.6 is 27.3 Å². The minimum atomic E-state index is 0.317. The van der Waals surface area contributed by atoms with Crippen molar-refractivity contribution in [1.29, 1.82) is 0 Å². The summed E-state index contributed by atoms with van der Waals surface area (Å²) in [5, 5.41) is 5.54. The largest absolute Gasteiger partial charge is 0.472 e. The van der Waals surface area contributed by atoms with Crippen molar-refractivity contribution < 1.29 is 4.42 Å². The Balaban J connectivity index is 1.91. The first-order valence-corrected chi connectivity index (χ1v) is 6.42. The van der Waals surface area contributed by atoms with Gasteiger partial charge in [-0.1, -0.05) is 0 Å². The molecule has 80 valence electrons. The van der Waals surface area contributed by atoms with Crippen LogP contribution in [-0.2, 0) is 6.54 Å². The second kappa shape index (κ2) is 4.96. The molecular weight excluding hydrogens is 274 g/mol. The van der Waals surface area contributed by atoms with E-state index in [2.05, 4.69) is 39.6 Å². The van der Waals surface area contributed by atoms with Crippen molar-refractivity contribution in [1.82, 2.24) is 5.32 Å². The molecule has 0 aliphatic rings. The maximum atomic E-state index is 5.05. The number of halogens is 1. The van der Waals surface area contributed by atoms with E-state index in [1.165, 1.54) is 14.9 Å². The van der Waals surface area contributed by atoms with Crippen LogP contribution < -0.4 is 5.32 Å². The lowest BCUT2D eigenvalue weighted by atomic mass is 10.2. The number of hydrogen-bond acceptors (Lipinski definition) is 3. The third kappa shape index (κ3) is 2.71. The molecule has 1 atom stereocenters.